The van der Waals surface area contributed by atoms with E-state index in [2.05, 4.69) is 22.2 Å². The summed E-state index contributed by atoms with van der Waals surface area (Å²) in [7, 11) is 0. The summed E-state index contributed by atoms with van der Waals surface area (Å²) in [6.45, 7) is 2.81. The van der Waals surface area contributed by atoms with E-state index >= 15 is 0 Å². The number of nitrogens with zero attached hydrogens (tertiary/aromatic N) is 3. The fourth-order valence-corrected chi connectivity index (χ4v) is 2.44. The van der Waals surface area contributed by atoms with Crippen molar-refractivity contribution in [1.82, 2.24) is 15.0 Å². The predicted molar refractivity (Wildman–Crippen MR) is 94.6 cm³/mol. The maximum Gasteiger partial charge on any atom is 0.344 e. The lowest BCUT2D eigenvalue weighted by Gasteiger charge is -2.04. The van der Waals surface area contributed by atoms with Crippen LogP contribution >= 0.6 is 0 Å². The Morgan fingerprint density at radius 1 is 1.17 bits per heavy atom. The van der Waals surface area contributed by atoms with Crippen molar-refractivity contribution in [2.24, 2.45) is 4.99 Å². The number of hydrogen-bond donors (Lipinski definition) is 3. The number of nitrogens with one attached hydrogen (secondary N) is 1. The van der Waals surface area contributed by atoms with Gasteiger partial charge in [0.25, 0.3) is 5.62 Å². The van der Waals surface area contributed by atoms with E-state index < -0.39 is 6.03 Å². The van der Waals surface area contributed by atoms with Crippen LogP contribution in [0.5, 0.6) is 0 Å². The molecule has 0 unspecified atom stereocenters. The van der Waals surface area contributed by atoms with Crippen molar-refractivity contribution in [3.63, 3.8) is 0 Å². The van der Waals surface area contributed by atoms with E-state index in [9.17, 15) is 10.0 Å². The summed E-state index contributed by atoms with van der Waals surface area (Å²) in [6, 6.07) is 0.896. The molecule has 0 aliphatic heterocycles. The molecule has 136 valence electrons. The molecule has 7 nitrogen and oxygen atoms in total. The zero-order chi connectivity index (χ0) is 17.6. The Labute approximate surface area is 144 Å². The van der Waals surface area contributed by atoms with Gasteiger partial charge in [0, 0.05) is 18.8 Å². The molecule has 0 aliphatic carbocycles. The monoisotopic (exact) mass is 337 g/mol. The van der Waals surface area contributed by atoms with Crippen molar-refractivity contribution in [1.29, 1.82) is 0 Å². The fourth-order valence-electron chi connectivity index (χ4n) is 2.44. The zero-order valence-electron chi connectivity index (χ0n) is 14.7. The van der Waals surface area contributed by atoms with E-state index in [1.165, 1.54) is 63.6 Å². The first-order valence-electron chi connectivity index (χ1n) is 9.00. The number of unbranched alkanes of at least 4 members (excludes halogenated alkanes) is 9. The third-order valence-electron chi connectivity index (χ3n) is 3.88. The lowest BCUT2D eigenvalue weighted by atomic mass is 10.1. The summed E-state index contributed by atoms with van der Waals surface area (Å²) >= 11 is 0. The molecular formula is C17H31N5O2. The number of hydrogen-bond acceptors (Lipinski definition) is 4. The minimum atomic E-state index is -0.521. The zero-order valence-corrected chi connectivity index (χ0v) is 14.7. The molecule has 1 aromatic heterocycles. The third kappa shape index (κ3) is 8.55. The van der Waals surface area contributed by atoms with Gasteiger partial charge in [-0.1, -0.05) is 64.7 Å². The maximum absolute atomic E-state index is 11.7. The molecule has 0 radical (unpaired) electrons. The molecule has 0 aliphatic rings. The van der Waals surface area contributed by atoms with E-state index in [-0.39, 0.29) is 11.4 Å². The van der Waals surface area contributed by atoms with Gasteiger partial charge >= 0.3 is 6.03 Å². The van der Waals surface area contributed by atoms with E-state index in [1.807, 2.05) is 0 Å². The number of carbonyl (C=O) groups is 1. The summed E-state index contributed by atoms with van der Waals surface area (Å²) in [5.41, 5.74) is 5.36. The van der Waals surface area contributed by atoms with Crippen molar-refractivity contribution in [2.75, 3.05) is 12.3 Å². The number of nitrogen functional groups attached to an aromatic ring is 1. The molecular weight excluding hydrogens is 306 g/mol. The number of rotatable bonds is 11. The number of amides is 2. The fraction of sp³-hybridized carbons (Fsp3) is 0.706. The van der Waals surface area contributed by atoms with Crippen LogP contribution in [0.15, 0.2) is 17.3 Å². The molecule has 0 spiro atoms. The maximum atomic E-state index is 11.7. The molecule has 0 bridgehead atoms. The summed E-state index contributed by atoms with van der Waals surface area (Å²) < 4.78 is 0.583. The Balaban J connectivity index is 2.07. The van der Waals surface area contributed by atoms with Gasteiger partial charge in [-0.3, -0.25) is 0 Å². The second-order valence-corrected chi connectivity index (χ2v) is 6.01. The van der Waals surface area contributed by atoms with Crippen LogP contribution in [-0.2, 0) is 0 Å². The SMILES string of the molecule is CCCCCCCCCCCCNC(=O)/N=c1\nccc(N)n1O. The molecule has 0 aromatic carbocycles. The molecule has 1 heterocycles. The standard InChI is InChI=1S/C17H31N5O2/c1-2-3-4-5-6-7-8-9-10-11-13-20-17(23)21-16-19-14-12-15(18)22(16)24/h12,14,24H,2-11,13,18H2,1H3,(H,20,23)/b21-16+. The molecule has 0 saturated heterocycles. The van der Waals surface area contributed by atoms with E-state index in [1.54, 1.807) is 0 Å². The average Bonchev–Trinajstić information content (AvgIpc) is 2.57. The Morgan fingerprint density at radius 2 is 1.75 bits per heavy atom. The van der Waals surface area contributed by atoms with E-state index in [0.717, 1.165) is 12.8 Å². The highest BCUT2D eigenvalue weighted by Crippen LogP contribution is 2.10. The van der Waals surface area contributed by atoms with Crippen LogP contribution in [-0.4, -0.2) is 27.5 Å². The molecule has 24 heavy (non-hydrogen) atoms. The lowest BCUT2D eigenvalue weighted by molar-refractivity contribution is 0.172. The van der Waals surface area contributed by atoms with Gasteiger partial charge in [-0.25, -0.2) is 9.78 Å². The minimum Gasteiger partial charge on any atom is -0.423 e. The molecule has 0 fully saturated rings. The quantitative estimate of drug-likeness (QED) is 0.426. The van der Waals surface area contributed by atoms with Crippen molar-refractivity contribution < 1.29 is 10.0 Å². The second-order valence-electron chi connectivity index (χ2n) is 6.01. The Kier molecular flexibility index (Phi) is 10.3. The first-order valence-corrected chi connectivity index (χ1v) is 9.00. The Bertz CT molecular complexity index is 542. The summed E-state index contributed by atoms with van der Waals surface area (Å²) in [5, 5.41) is 12.3. The number of anilines is 1. The van der Waals surface area contributed by atoms with Gasteiger partial charge in [0.05, 0.1) is 0 Å². The predicted octanol–water partition coefficient (Wildman–Crippen LogP) is 3.23. The van der Waals surface area contributed by atoms with Gasteiger partial charge in [-0.05, 0) is 6.42 Å². The number of carbonyl (C=O) groups excluding carboxylic acids is 1. The topological polar surface area (TPSA) is 106 Å². The second kappa shape index (κ2) is 12.4. The summed E-state index contributed by atoms with van der Waals surface area (Å²) in [5.74, 6) is 0.0752. The lowest BCUT2D eigenvalue weighted by Crippen LogP contribution is -2.29. The van der Waals surface area contributed by atoms with Crippen LogP contribution in [0, 0.1) is 0 Å². The molecule has 2 amide bonds. The smallest absolute Gasteiger partial charge is 0.344 e. The van der Waals surface area contributed by atoms with Crippen LogP contribution in [0.25, 0.3) is 0 Å². The van der Waals surface area contributed by atoms with Crippen molar-refractivity contribution in [3.8, 4) is 0 Å². The van der Waals surface area contributed by atoms with Crippen LogP contribution in [0.1, 0.15) is 71.1 Å². The van der Waals surface area contributed by atoms with Crippen molar-refractivity contribution in [3.05, 3.63) is 17.9 Å². The molecule has 0 saturated carbocycles. The highest BCUT2D eigenvalue weighted by atomic mass is 16.5. The summed E-state index contributed by atoms with van der Waals surface area (Å²) in [6.07, 6.45) is 13.9. The first kappa shape index (κ1) is 20.0. The van der Waals surface area contributed by atoms with E-state index in [4.69, 9.17) is 5.73 Å². The summed E-state index contributed by atoms with van der Waals surface area (Å²) in [4.78, 5) is 19.1. The Hall–Kier alpha value is -2.05. The van der Waals surface area contributed by atoms with Crippen LogP contribution in [0.4, 0.5) is 10.6 Å². The number of aromatic nitrogens is 2. The first-order chi connectivity index (χ1) is 11.6. The van der Waals surface area contributed by atoms with Gasteiger partial charge in [-0.15, -0.1) is 4.73 Å². The van der Waals surface area contributed by atoms with Gasteiger partial charge in [0.1, 0.15) is 5.82 Å². The third-order valence-corrected chi connectivity index (χ3v) is 3.88. The average molecular weight is 337 g/mol. The van der Waals surface area contributed by atoms with Gasteiger partial charge < -0.3 is 16.3 Å². The minimum absolute atomic E-state index is 0.0752. The number of nitrogens with two attached hydrogens (primary N) is 1. The van der Waals surface area contributed by atoms with Gasteiger partial charge in [0.2, 0.25) is 0 Å². The van der Waals surface area contributed by atoms with Gasteiger partial charge in [0.15, 0.2) is 0 Å². The Morgan fingerprint density at radius 3 is 2.38 bits per heavy atom. The molecule has 1 aromatic rings. The van der Waals surface area contributed by atoms with Gasteiger partial charge in [-0.2, -0.15) is 4.99 Å². The van der Waals surface area contributed by atoms with Crippen molar-refractivity contribution >= 4 is 11.8 Å². The highest BCUT2D eigenvalue weighted by molar-refractivity contribution is 5.74. The normalized spacial score (nSPS) is 11.6. The molecule has 1 rings (SSSR count). The van der Waals surface area contributed by atoms with Crippen LogP contribution in [0.2, 0.25) is 0 Å². The highest BCUT2D eigenvalue weighted by Gasteiger charge is 2.01. The molecule has 0 atom stereocenters. The number of urea groups is 1. The van der Waals surface area contributed by atoms with Crippen molar-refractivity contribution in [2.45, 2.75) is 71.1 Å². The van der Waals surface area contributed by atoms with E-state index in [0.29, 0.717) is 11.3 Å². The van der Waals surface area contributed by atoms with Crippen LogP contribution < -0.4 is 16.7 Å². The largest absolute Gasteiger partial charge is 0.423 e. The van der Waals surface area contributed by atoms with Crippen LogP contribution in [0.3, 0.4) is 0 Å². The molecule has 4 N–H and O–H groups in total. The molecule has 7 heteroatoms.